The third-order valence-corrected chi connectivity index (χ3v) is 7.10. The van der Waals surface area contributed by atoms with Gasteiger partial charge in [0.05, 0.1) is 23.9 Å². The Morgan fingerprint density at radius 2 is 1.91 bits per heavy atom. The second-order valence-electron chi connectivity index (χ2n) is 6.03. The van der Waals surface area contributed by atoms with Gasteiger partial charge < -0.3 is 9.47 Å². The number of ether oxygens (including phenoxy) is 2. The first kappa shape index (κ1) is 16.3. The molecule has 1 heterocycles. The summed E-state index contributed by atoms with van der Waals surface area (Å²) < 4.78 is 36.7. The molecule has 2 fully saturated rings. The van der Waals surface area contributed by atoms with Crippen molar-refractivity contribution in [2.75, 3.05) is 25.2 Å². The molecule has 22 heavy (non-hydrogen) atoms. The molecule has 1 saturated heterocycles. The van der Waals surface area contributed by atoms with E-state index in [-0.39, 0.29) is 11.7 Å². The van der Waals surface area contributed by atoms with E-state index in [1.54, 1.807) is 23.9 Å². The van der Waals surface area contributed by atoms with E-state index in [9.17, 15) is 8.42 Å². The van der Waals surface area contributed by atoms with Crippen molar-refractivity contribution in [1.29, 1.82) is 0 Å². The van der Waals surface area contributed by atoms with Gasteiger partial charge in [0, 0.05) is 17.7 Å². The maximum absolute atomic E-state index is 12.6. The van der Waals surface area contributed by atoms with Gasteiger partial charge in [-0.15, -0.1) is 11.8 Å². The molecule has 0 unspecified atom stereocenters. The topological polar surface area (TPSA) is 52.6 Å². The summed E-state index contributed by atoms with van der Waals surface area (Å²) in [6.07, 6.45) is 5.44. The van der Waals surface area contributed by atoms with Crippen molar-refractivity contribution in [2.24, 2.45) is 5.92 Å². The van der Waals surface area contributed by atoms with Crippen LogP contribution in [0.4, 0.5) is 0 Å². The van der Waals surface area contributed by atoms with E-state index < -0.39 is 15.6 Å². The molecular formula is C16H22O4S2. The van der Waals surface area contributed by atoms with Crippen molar-refractivity contribution < 1.29 is 17.9 Å². The number of hydrogen-bond acceptors (Lipinski definition) is 5. The molecule has 1 aromatic carbocycles. The van der Waals surface area contributed by atoms with Crippen molar-refractivity contribution in [3.05, 3.63) is 24.3 Å². The van der Waals surface area contributed by atoms with E-state index in [1.165, 1.54) is 0 Å². The lowest BCUT2D eigenvalue weighted by Crippen LogP contribution is -2.38. The number of benzene rings is 1. The fraction of sp³-hybridized carbons (Fsp3) is 0.625. The van der Waals surface area contributed by atoms with E-state index in [0.29, 0.717) is 24.5 Å². The predicted molar refractivity (Wildman–Crippen MR) is 86.9 cm³/mol. The second-order valence-corrected chi connectivity index (χ2v) is 8.94. The summed E-state index contributed by atoms with van der Waals surface area (Å²) in [5, 5.41) is 0. The summed E-state index contributed by atoms with van der Waals surface area (Å²) in [6, 6.07) is 7.15. The Morgan fingerprint density at radius 1 is 1.23 bits per heavy atom. The Labute approximate surface area is 136 Å². The number of rotatable bonds is 4. The van der Waals surface area contributed by atoms with Gasteiger partial charge in [0.1, 0.15) is 0 Å². The average Bonchev–Trinajstić information content (AvgIpc) is 2.94. The molecule has 0 bridgehead atoms. The lowest BCUT2D eigenvalue weighted by atomic mass is 9.86. The van der Waals surface area contributed by atoms with Gasteiger partial charge in [0.15, 0.2) is 15.6 Å². The highest BCUT2D eigenvalue weighted by Crippen LogP contribution is 2.39. The Morgan fingerprint density at radius 3 is 2.55 bits per heavy atom. The first-order valence-corrected chi connectivity index (χ1v) is 10.6. The normalized spacial score (nSPS) is 24.7. The van der Waals surface area contributed by atoms with Crippen LogP contribution in [-0.2, 0) is 19.3 Å². The summed E-state index contributed by atoms with van der Waals surface area (Å²) in [7, 11) is -3.25. The van der Waals surface area contributed by atoms with Crippen LogP contribution in [0, 0.1) is 5.92 Å². The maximum atomic E-state index is 12.6. The second kappa shape index (κ2) is 6.51. The molecule has 0 amide bonds. The molecule has 6 heteroatoms. The molecule has 1 aliphatic carbocycles. The first-order valence-electron chi connectivity index (χ1n) is 7.68. The van der Waals surface area contributed by atoms with Gasteiger partial charge in [-0.1, -0.05) is 0 Å². The highest BCUT2D eigenvalue weighted by molar-refractivity contribution is 7.98. The van der Waals surface area contributed by atoms with E-state index in [2.05, 4.69) is 0 Å². The van der Waals surface area contributed by atoms with E-state index in [0.717, 1.165) is 24.2 Å². The van der Waals surface area contributed by atoms with E-state index in [4.69, 9.17) is 9.47 Å². The molecule has 0 N–H and O–H groups in total. The van der Waals surface area contributed by atoms with Crippen LogP contribution in [-0.4, -0.2) is 39.4 Å². The van der Waals surface area contributed by atoms with Crippen LogP contribution >= 0.6 is 11.8 Å². The molecule has 3 rings (SSSR count). The fourth-order valence-electron chi connectivity index (χ4n) is 3.40. The Bertz CT molecular complexity index is 604. The van der Waals surface area contributed by atoms with Crippen LogP contribution < -0.4 is 0 Å². The zero-order valence-corrected chi connectivity index (χ0v) is 14.4. The monoisotopic (exact) mass is 342 g/mol. The largest absolute Gasteiger partial charge is 0.348 e. The predicted octanol–water partition coefficient (Wildman–Crippen LogP) is 3.12. The zero-order chi connectivity index (χ0) is 15.6. The number of thioether (sulfide) groups is 1. The summed E-state index contributed by atoms with van der Waals surface area (Å²) in [5.41, 5.74) is 0. The molecule has 1 aromatic rings. The number of sulfone groups is 1. The van der Waals surface area contributed by atoms with E-state index >= 15 is 0 Å². The molecule has 1 aliphatic heterocycles. The summed E-state index contributed by atoms with van der Waals surface area (Å²) in [4.78, 5) is 1.49. The summed E-state index contributed by atoms with van der Waals surface area (Å²) in [6.45, 7) is 1.24. The van der Waals surface area contributed by atoms with Gasteiger partial charge in [-0.3, -0.25) is 0 Å². The molecule has 4 nitrogen and oxygen atoms in total. The molecule has 0 radical (unpaired) electrons. The van der Waals surface area contributed by atoms with Gasteiger partial charge in [0.2, 0.25) is 0 Å². The van der Waals surface area contributed by atoms with Gasteiger partial charge in [0.25, 0.3) is 0 Å². The Kier molecular flexibility index (Phi) is 4.83. The SMILES string of the molecule is CSc1ccc(S(=O)(=O)C[C@@H]2CCCC3(C2)OCCO3)cc1. The highest BCUT2D eigenvalue weighted by atomic mass is 32.2. The molecule has 1 saturated carbocycles. The molecule has 2 aliphatic rings. The lowest BCUT2D eigenvalue weighted by molar-refractivity contribution is -0.185. The average molecular weight is 342 g/mol. The van der Waals surface area contributed by atoms with Crippen LogP contribution in [0.15, 0.2) is 34.1 Å². The Balaban J connectivity index is 1.70. The van der Waals surface area contributed by atoms with Gasteiger partial charge >= 0.3 is 0 Å². The van der Waals surface area contributed by atoms with Crippen molar-refractivity contribution >= 4 is 21.6 Å². The van der Waals surface area contributed by atoms with Crippen LogP contribution in [0.1, 0.15) is 25.7 Å². The third-order valence-electron chi connectivity index (χ3n) is 4.46. The highest BCUT2D eigenvalue weighted by Gasteiger charge is 2.42. The molecule has 122 valence electrons. The summed E-state index contributed by atoms with van der Waals surface area (Å²) in [5.74, 6) is -0.224. The Hall–Kier alpha value is -0.560. The van der Waals surface area contributed by atoms with Crippen molar-refractivity contribution in [1.82, 2.24) is 0 Å². The van der Waals surface area contributed by atoms with Gasteiger partial charge in [-0.2, -0.15) is 0 Å². The molecule has 1 spiro atoms. The standard InChI is InChI=1S/C16H22O4S2/c1-21-14-4-6-15(7-5-14)22(17,18)12-13-3-2-8-16(11-13)19-9-10-20-16/h4-7,13H,2-3,8-12H2,1H3/t13-/m1/s1. The zero-order valence-electron chi connectivity index (χ0n) is 12.8. The molecular weight excluding hydrogens is 320 g/mol. The first-order chi connectivity index (χ1) is 10.5. The van der Waals surface area contributed by atoms with Gasteiger partial charge in [-0.05, 0) is 49.3 Å². The van der Waals surface area contributed by atoms with Crippen molar-refractivity contribution in [2.45, 2.75) is 41.3 Å². The summed E-state index contributed by atoms with van der Waals surface area (Å²) >= 11 is 1.61. The molecule has 0 aromatic heterocycles. The fourth-order valence-corrected chi connectivity index (χ4v) is 5.45. The van der Waals surface area contributed by atoms with Crippen LogP contribution in [0.25, 0.3) is 0 Å². The van der Waals surface area contributed by atoms with Gasteiger partial charge in [-0.25, -0.2) is 8.42 Å². The quantitative estimate of drug-likeness (QED) is 0.787. The minimum absolute atomic E-state index is 0.108. The number of hydrogen-bond donors (Lipinski definition) is 0. The minimum Gasteiger partial charge on any atom is -0.348 e. The van der Waals surface area contributed by atoms with Crippen LogP contribution in [0.5, 0.6) is 0 Å². The lowest BCUT2D eigenvalue weighted by Gasteiger charge is -2.36. The molecule has 1 atom stereocenters. The minimum atomic E-state index is -3.25. The third kappa shape index (κ3) is 3.50. The van der Waals surface area contributed by atoms with Crippen LogP contribution in [0.2, 0.25) is 0 Å². The van der Waals surface area contributed by atoms with Crippen molar-refractivity contribution in [3.8, 4) is 0 Å². The maximum Gasteiger partial charge on any atom is 0.178 e. The van der Waals surface area contributed by atoms with E-state index in [1.807, 2.05) is 18.4 Å². The van der Waals surface area contributed by atoms with Crippen molar-refractivity contribution in [3.63, 3.8) is 0 Å². The smallest absolute Gasteiger partial charge is 0.178 e. The van der Waals surface area contributed by atoms with Crippen LogP contribution in [0.3, 0.4) is 0 Å².